The third-order valence-electron chi connectivity index (χ3n) is 2.54. The van der Waals surface area contributed by atoms with Gasteiger partial charge in [-0.25, -0.2) is 0 Å². The van der Waals surface area contributed by atoms with E-state index in [0.29, 0.717) is 5.88 Å². The Labute approximate surface area is 99.4 Å². The molecule has 0 aromatic heterocycles. The van der Waals surface area contributed by atoms with Crippen molar-refractivity contribution >= 4 is 23.2 Å². The summed E-state index contributed by atoms with van der Waals surface area (Å²) in [5, 5.41) is 0.191. The lowest BCUT2D eigenvalue weighted by molar-refractivity contribution is 0.564. The molecule has 0 saturated heterocycles. The summed E-state index contributed by atoms with van der Waals surface area (Å²) in [5.74, 6) is 0.595. The summed E-state index contributed by atoms with van der Waals surface area (Å²) in [5.41, 5.74) is 0. The normalized spacial score (nSPS) is 13.1. The van der Waals surface area contributed by atoms with E-state index in [0.717, 1.165) is 6.42 Å². The van der Waals surface area contributed by atoms with Crippen LogP contribution < -0.4 is 0 Å². The number of halogens is 2. The number of unbranched alkanes of at least 4 members (excludes halogenated alkanes) is 7. The van der Waals surface area contributed by atoms with Gasteiger partial charge in [0.05, 0.1) is 0 Å². The molecule has 0 N–H and O–H groups in total. The molecular formula is C12H24Cl2. The van der Waals surface area contributed by atoms with Gasteiger partial charge in [-0.1, -0.05) is 58.3 Å². The van der Waals surface area contributed by atoms with E-state index in [1.54, 1.807) is 0 Å². The second-order valence-corrected chi connectivity index (χ2v) is 4.94. The maximum Gasteiger partial charge on any atom is 0.0471 e. The van der Waals surface area contributed by atoms with Crippen LogP contribution in [0.2, 0.25) is 0 Å². The molecule has 0 spiro atoms. The molecule has 0 bridgehead atoms. The van der Waals surface area contributed by atoms with Crippen molar-refractivity contribution in [2.75, 3.05) is 5.88 Å². The van der Waals surface area contributed by atoms with Crippen LogP contribution in [0.15, 0.2) is 0 Å². The molecule has 86 valence electrons. The Balaban J connectivity index is 2.92. The molecule has 0 aliphatic carbocycles. The first-order valence-electron chi connectivity index (χ1n) is 6.01. The van der Waals surface area contributed by atoms with Gasteiger partial charge in [0, 0.05) is 11.3 Å². The summed E-state index contributed by atoms with van der Waals surface area (Å²) in [6.07, 6.45) is 12.0. The molecule has 14 heavy (non-hydrogen) atoms. The van der Waals surface area contributed by atoms with Crippen LogP contribution >= 0.6 is 23.2 Å². The van der Waals surface area contributed by atoms with Gasteiger partial charge in [-0.15, -0.1) is 23.2 Å². The van der Waals surface area contributed by atoms with Crippen molar-refractivity contribution in [3.05, 3.63) is 0 Å². The van der Waals surface area contributed by atoms with Crippen LogP contribution in [-0.2, 0) is 0 Å². The first-order chi connectivity index (χ1) is 6.81. The Morgan fingerprint density at radius 3 is 1.86 bits per heavy atom. The van der Waals surface area contributed by atoms with Gasteiger partial charge in [-0.2, -0.15) is 0 Å². The van der Waals surface area contributed by atoms with Crippen molar-refractivity contribution < 1.29 is 0 Å². The Morgan fingerprint density at radius 2 is 1.36 bits per heavy atom. The molecule has 0 amide bonds. The molecule has 0 aromatic rings. The first kappa shape index (κ1) is 14.6. The van der Waals surface area contributed by atoms with Gasteiger partial charge in [0.25, 0.3) is 0 Å². The van der Waals surface area contributed by atoms with Gasteiger partial charge >= 0.3 is 0 Å². The highest BCUT2D eigenvalue weighted by Gasteiger charge is 2.00. The molecular weight excluding hydrogens is 215 g/mol. The van der Waals surface area contributed by atoms with Crippen molar-refractivity contribution in [2.24, 2.45) is 0 Å². The zero-order valence-corrected chi connectivity index (χ0v) is 10.9. The van der Waals surface area contributed by atoms with Gasteiger partial charge in [0.15, 0.2) is 0 Å². The molecule has 1 unspecified atom stereocenters. The zero-order chi connectivity index (χ0) is 10.6. The monoisotopic (exact) mass is 238 g/mol. The highest BCUT2D eigenvalue weighted by Crippen LogP contribution is 2.13. The molecule has 0 heterocycles. The number of hydrogen-bond donors (Lipinski definition) is 0. The smallest absolute Gasteiger partial charge is 0.0471 e. The number of hydrogen-bond acceptors (Lipinski definition) is 0. The second-order valence-electron chi connectivity index (χ2n) is 4.02. The fraction of sp³-hybridized carbons (Fsp3) is 1.00. The van der Waals surface area contributed by atoms with E-state index in [2.05, 4.69) is 6.92 Å². The molecule has 0 aliphatic rings. The van der Waals surface area contributed by atoms with Crippen LogP contribution in [0, 0.1) is 0 Å². The Hall–Kier alpha value is 0.580. The second kappa shape index (κ2) is 11.7. The SMILES string of the molecule is CCCCCCCCCCC(Cl)CCl. The summed E-state index contributed by atoms with van der Waals surface area (Å²) in [7, 11) is 0. The predicted octanol–water partition coefficient (Wildman–Crippen LogP) is 5.36. The lowest BCUT2D eigenvalue weighted by atomic mass is 10.1. The Morgan fingerprint density at radius 1 is 0.857 bits per heavy atom. The largest absolute Gasteiger partial charge is 0.125 e. The highest BCUT2D eigenvalue weighted by atomic mass is 35.5. The summed E-state index contributed by atoms with van der Waals surface area (Å²) >= 11 is 11.5. The minimum Gasteiger partial charge on any atom is -0.125 e. The summed E-state index contributed by atoms with van der Waals surface area (Å²) < 4.78 is 0. The standard InChI is InChI=1S/C12H24Cl2/c1-2-3-4-5-6-7-8-9-10-12(14)11-13/h12H,2-11H2,1H3. The van der Waals surface area contributed by atoms with Gasteiger partial charge < -0.3 is 0 Å². The lowest BCUT2D eigenvalue weighted by Gasteiger charge is -2.04. The molecule has 2 heteroatoms. The fourth-order valence-corrected chi connectivity index (χ4v) is 1.89. The van der Waals surface area contributed by atoms with E-state index >= 15 is 0 Å². The first-order valence-corrected chi connectivity index (χ1v) is 6.98. The van der Waals surface area contributed by atoms with Crippen LogP contribution in [0.1, 0.15) is 64.7 Å². The van der Waals surface area contributed by atoms with E-state index in [4.69, 9.17) is 23.2 Å². The van der Waals surface area contributed by atoms with Gasteiger partial charge in [0.2, 0.25) is 0 Å². The minimum atomic E-state index is 0.191. The van der Waals surface area contributed by atoms with E-state index in [1.165, 1.54) is 51.4 Å². The van der Waals surface area contributed by atoms with Gasteiger partial charge in [-0.05, 0) is 6.42 Å². The molecule has 0 rings (SSSR count). The third kappa shape index (κ3) is 10.7. The third-order valence-corrected chi connectivity index (χ3v) is 3.44. The molecule has 0 aliphatic heterocycles. The van der Waals surface area contributed by atoms with Crippen molar-refractivity contribution in [1.29, 1.82) is 0 Å². The van der Waals surface area contributed by atoms with Crippen LogP contribution in [0.3, 0.4) is 0 Å². The summed E-state index contributed by atoms with van der Waals surface area (Å²) in [4.78, 5) is 0. The molecule has 0 fully saturated rings. The zero-order valence-electron chi connectivity index (χ0n) is 9.40. The van der Waals surface area contributed by atoms with Crippen molar-refractivity contribution in [3.63, 3.8) is 0 Å². The Kier molecular flexibility index (Phi) is 12.1. The van der Waals surface area contributed by atoms with E-state index in [1.807, 2.05) is 0 Å². The summed E-state index contributed by atoms with van der Waals surface area (Å²) in [6.45, 7) is 2.26. The Bertz CT molecular complexity index is 104. The number of alkyl halides is 2. The van der Waals surface area contributed by atoms with E-state index in [-0.39, 0.29) is 5.38 Å². The molecule has 0 aromatic carbocycles. The maximum atomic E-state index is 5.91. The summed E-state index contributed by atoms with van der Waals surface area (Å²) in [6, 6.07) is 0. The average Bonchev–Trinajstić information content (AvgIpc) is 2.21. The van der Waals surface area contributed by atoms with Crippen LogP contribution in [-0.4, -0.2) is 11.3 Å². The van der Waals surface area contributed by atoms with Gasteiger partial charge in [0.1, 0.15) is 0 Å². The maximum absolute atomic E-state index is 5.91. The minimum absolute atomic E-state index is 0.191. The predicted molar refractivity (Wildman–Crippen MR) is 67.6 cm³/mol. The molecule has 0 saturated carbocycles. The molecule has 0 nitrogen and oxygen atoms in total. The van der Waals surface area contributed by atoms with E-state index in [9.17, 15) is 0 Å². The van der Waals surface area contributed by atoms with Crippen molar-refractivity contribution in [1.82, 2.24) is 0 Å². The molecule has 0 radical (unpaired) electrons. The van der Waals surface area contributed by atoms with Crippen LogP contribution in [0.5, 0.6) is 0 Å². The average molecular weight is 239 g/mol. The fourth-order valence-electron chi connectivity index (χ4n) is 1.58. The van der Waals surface area contributed by atoms with Crippen molar-refractivity contribution in [3.8, 4) is 0 Å². The van der Waals surface area contributed by atoms with E-state index < -0.39 is 0 Å². The highest BCUT2D eigenvalue weighted by molar-refractivity contribution is 6.28. The van der Waals surface area contributed by atoms with Crippen LogP contribution in [0.25, 0.3) is 0 Å². The van der Waals surface area contributed by atoms with Crippen molar-refractivity contribution in [2.45, 2.75) is 70.1 Å². The lowest BCUT2D eigenvalue weighted by Crippen LogP contribution is -1.99. The van der Waals surface area contributed by atoms with Gasteiger partial charge in [-0.3, -0.25) is 0 Å². The van der Waals surface area contributed by atoms with Crippen LogP contribution in [0.4, 0.5) is 0 Å². The molecule has 1 atom stereocenters. The number of rotatable bonds is 10. The quantitative estimate of drug-likeness (QED) is 0.355. The topological polar surface area (TPSA) is 0 Å².